The predicted molar refractivity (Wildman–Crippen MR) is 81.7 cm³/mol. The van der Waals surface area contributed by atoms with Gasteiger partial charge in [0.05, 0.1) is 6.61 Å². The Bertz CT molecular complexity index is 475. The van der Waals surface area contributed by atoms with Gasteiger partial charge in [0.2, 0.25) is 5.88 Å². The third-order valence-corrected chi connectivity index (χ3v) is 3.23. The van der Waals surface area contributed by atoms with Gasteiger partial charge in [-0.2, -0.15) is 4.98 Å². The van der Waals surface area contributed by atoms with E-state index in [1.54, 1.807) is 6.07 Å². The lowest BCUT2D eigenvalue weighted by Gasteiger charge is -2.24. The van der Waals surface area contributed by atoms with Gasteiger partial charge in [0.1, 0.15) is 11.6 Å². The Morgan fingerprint density at radius 1 is 1.38 bits per heavy atom. The van der Waals surface area contributed by atoms with E-state index in [1.165, 1.54) is 0 Å². The number of aromatic nitrogens is 2. The molecule has 0 aliphatic rings. The Kier molecular flexibility index (Phi) is 6.39. The van der Waals surface area contributed by atoms with E-state index in [4.69, 9.17) is 9.84 Å². The van der Waals surface area contributed by atoms with Crippen molar-refractivity contribution in [1.29, 1.82) is 0 Å². The van der Waals surface area contributed by atoms with Gasteiger partial charge in [-0.25, -0.2) is 4.98 Å². The lowest BCUT2D eigenvalue weighted by Crippen LogP contribution is -2.18. The highest BCUT2D eigenvalue weighted by molar-refractivity contribution is 5.66. The maximum Gasteiger partial charge on any atom is 0.303 e. The van der Waals surface area contributed by atoms with Crippen LogP contribution in [0.2, 0.25) is 0 Å². The molecule has 0 unspecified atom stereocenters. The Morgan fingerprint density at radius 2 is 2.10 bits per heavy atom. The van der Waals surface area contributed by atoms with Crippen molar-refractivity contribution >= 4 is 11.8 Å². The minimum Gasteiger partial charge on any atom is -0.481 e. The number of hydrogen-bond acceptors (Lipinski definition) is 5. The van der Waals surface area contributed by atoms with E-state index in [-0.39, 0.29) is 11.8 Å². The summed E-state index contributed by atoms with van der Waals surface area (Å²) < 4.78 is 5.38. The molecule has 0 spiro atoms. The molecule has 1 aromatic rings. The maximum atomic E-state index is 10.6. The number of nitrogens with zero attached hydrogens (tertiary/aromatic N) is 2. The summed E-state index contributed by atoms with van der Waals surface area (Å²) in [5.74, 6) is 1.22. The molecular formula is C15H25N3O3. The molecule has 1 aromatic heterocycles. The van der Waals surface area contributed by atoms with E-state index in [9.17, 15) is 4.79 Å². The fourth-order valence-corrected chi connectivity index (χ4v) is 1.95. The molecule has 21 heavy (non-hydrogen) atoms. The third kappa shape index (κ3) is 6.92. The first-order valence-electron chi connectivity index (χ1n) is 7.26. The van der Waals surface area contributed by atoms with Gasteiger partial charge in [-0.1, -0.05) is 13.8 Å². The summed E-state index contributed by atoms with van der Waals surface area (Å²) in [5, 5.41) is 12.0. The smallest absolute Gasteiger partial charge is 0.303 e. The summed E-state index contributed by atoms with van der Waals surface area (Å²) in [7, 11) is 0. The number of hydrogen-bond donors (Lipinski definition) is 2. The largest absolute Gasteiger partial charge is 0.481 e. The van der Waals surface area contributed by atoms with Crippen LogP contribution in [0.4, 0.5) is 5.82 Å². The Morgan fingerprint density at radius 3 is 2.71 bits per heavy atom. The molecule has 2 N–H and O–H groups in total. The van der Waals surface area contributed by atoms with Crippen LogP contribution in [-0.4, -0.2) is 34.2 Å². The minimum atomic E-state index is -0.746. The quantitative estimate of drug-likeness (QED) is 0.728. The van der Waals surface area contributed by atoms with E-state index < -0.39 is 5.97 Å². The van der Waals surface area contributed by atoms with Crippen LogP contribution in [0, 0.1) is 12.3 Å². The highest BCUT2D eigenvalue weighted by atomic mass is 16.5. The molecule has 0 amide bonds. The molecule has 0 saturated heterocycles. The van der Waals surface area contributed by atoms with Gasteiger partial charge in [-0.05, 0) is 32.1 Å². The standard InChI is InChI=1S/C15H25N3O3/c1-5-21-13-10-12(17-11(2)18-13)16-9-8-15(3,4)7-6-14(19)20/h10H,5-9H2,1-4H3,(H,19,20)(H,16,17,18). The van der Waals surface area contributed by atoms with Gasteiger partial charge >= 0.3 is 5.97 Å². The highest BCUT2D eigenvalue weighted by Crippen LogP contribution is 2.26. The van der Waals surface area contributed by atoms with Crippen molar-refractivity contribution in [3.63, 3.8) is 0 Å². The lowest BCUT2D eigenvalue weighted by molar-refractivity contribution is -0.137. The summed E-state index contributed by atoms with van der Waals surface area (Å²) in [6.45, 7) is 9.19. The number of carbonyl (C=O) groups is 1. The summed E-state index contributed by atoms with van der Waals surface area (Å²) in [4.78, 5) is 19.1. The second kappa shape index (κ2) is 7.81. The molecule has 0 radical (unpaired) electrons. The van der Waals surface area contributed by atoms with E-state index in [0.29, 0.717) is 24.7 Å². The normalized spacial score (nSPS) is 11.2. The first kappa shape index (κ1) is 17.2. The molecule has 0 aliphatic carbocycles. The number of aliphatic carboxylic acids is 1. The van der Waals surface area contributed by atoms with Crippen molar-refractivity contribution in [3.8, 4) is 5.88 Å². The van der Waals surface area contributed by atoms with Gasteiger partial charge in [-0.3, -0.25) is 4.79 Å². The first-order valence-corrected chi connectivity index (χ1v) is 7.26. The monoisotopic (exact) mass is 295 g/mol. The van der Waals surface area contributed by atoms with Crippen LogP contribution >= 0.6 is 0 Å². The fourth-order valence-electron chi connectivity index (χ4n) is 1.95. The zero-order chi connectivity index (χ0) is 15.9. The number of aryl methyl sites for hydroxylation is 1. The van der Waals surface area contributed by atoms with Gasteiger partial charge in [-0.15, -0.1) is 0 Å². The first-order chi connectivity index (χ1) is 9.82. The van der Waals surface area contributed by atoms with Crippen LogP contribution in [0.3, 0.4) is 0 Å². The second-order valence-corrected chi connectivity index (χ2v) is 5.81. The van der Waals surface area contributed by atoms with E-state index in [2.05, 4.69) is 29.1 Å². The van der Waals surface area contributed by atoms with Crippen molar-refractivity contribution in [3.05, 3.63) is 11.9 Å². The second-order valence-electron chi connectivity index (χ2n) is 5.81. The number of carboxylic acid groups (broad SMARTS) is 1. The average Bonchev–Trinajstić information content (AvgIpc) is 2.36. The number of rotatable bonds is 9. The van der Waals surface area contributed by atoms with Gasteiger partial charge in [0.25, 0.3) is 0 Å². The molecule has 0 aliphatic heterocycles. The molecule has 0 atom stereocenters. The van der Waals surface area contributed by atoms with Gasteiger partial charge in [0, 0.05) is 19.0 Å². The van der Waals surface area contributed by atoms with Crippen LogP contribution in [0.1, 0.15) is 45.9 Å². The summed E-state index contributed by atoms with van der Waals surface area (Å²) in [6, 6.07) is 1.78. The van der Waals surface area contributed by atoms with Crippen molar-refractivity contribution < 1.29 is 14.6 Å². The topological polar surface area (TPSA) is 84.3 Å². The summed E-state index contributed by atoms with van der Waals surface area (Å²) in [6.07, 6.45) is 1.73. The molecule has 0 bridgehead atoms. The molecule has 1 heterocycles. The average molecular weight is 295 g/mol. The molecule has 0 fully saturated rings. The Balaban J connectivity index is 2.49. The Hall–Kier alpha value is -1.85. The third-order valence-electron chi connectivity index (χ3n) is 3.23. The number of nitrogens with one attached hydrogen (secondary N) is 1. The molecular weight excluding hydrogens is 270 g/mol. The minimum absolute atomic E-state index is 0.0176. The zero-order valence-corrected chi connectivity index (χ0v) is 13.3. The maximum absolute atomic E-state index is 10.6. The van der Waals surface area contributed by atoms with E-state index >= 15 is 0 Å². The fraction of sp³-hybridized carbons (Fsp3) is 0.667. The van der Waals surface area contributed by atoms with E-state index in [0.717, 1.165) is 18.8 Å². The molecule has 6 nitrogen and oxygen atoms in total. The predicted octanol–water partition coefficient (Wildman–Crippen LogP) is 2.88. The molecule has 1 rings (SSSR count). The van der Waals surface area contributed by atoms with Crippen molar-refractivity contribution in [2.24, 2.45) is 5.41 Å². The van der Waals surface area contributed by atoms with Crippen molar-refractivity contribution in [1.82, 2.24) is 9.97 Å². The van der Waals surface area contributed by atoms with Crippen molar-refractivity contribution in [2.75, 3.05) is 18.5 Å². The number of carboxylic acids is 1. The highest BCUT2D eigenvalue weighted by Gasteiger charge is 2.18. The van der Waals surface area contributed by atoms with Crippen LogP contribution in [-0.2, 0) is 4.79 Å². The van der Waals surface area contributed by atoms with Crippen LogP contribution in [0.25, 0.3) is 0 Å². The number of anilines is 1. The molecule has 6 heteroatoms. The Labute approximate surface area is 126 Å². The molecule has 0 aromatic carbocycles. The number of ether oxygens (including phenoxy) is 1. The molecule has 118 valence electrons. The van der Waals surface area contributed by atoms with Crippen molar-refractivity contribution in [2.45, 2.75) is 47.0 Å². The SMILES string of the molecule is CCOc1cc(NCCC(C)(C)CCC(=O)O)nc(C)n1. The van der Waals surface area contributed by atoms with E-state index in [1.807, 2.05) is 13.8 Å². The van der Waals surface area contributed by atoms with Gasteiger partial charge in [0.15, 0.2) is 0 Å². The lowest BCUT2D eigenvalue weighted by atomic mass is 9.84. The summed E-state index contributed by atoms with van der Waals surface area (Å²) >= 11 is 0. The molecule has 0 saturated carbocycles. The van der Waals surface area contributed by atoms with Crippen LogP contribution in [0.5, 0.6) is 5.88 Å². The van der Waals surface area contributed by atoms with Gasteiger partial charge < -0.3 is 15.2 Å². The van der Waals surface area contributed by atoms with Crippen LogP contribution in [0.15, 0.2) is 6.07 Å². The summed E-state index contributed by atoms with van der Waals surface area (Å²) in [5.41, 5.74) is -0.0176. The zero-order valence-electron chi connectivity index (χ0n) is 13.3. The van der Waals surface area contributed by atoms with Crippen LogP contribution < -0.4 is 10.1 Å².